The lowest BCUT2D eigenvalue weighted by atomic mass is 10.1. The second-order valence-corrected chi connectivity index (χ2v) is 6.97. The summed E-state index contributed by atoms with van der Waals surface area (Å²) in [6, 6.07) is 16.9. The topological polar surface area (TPSA) is 30.3 Å². The van der Waals surface area contributed by atoms with Gasteiger partial charge < -0.3 is 14.2 Å². The van der Waals surface area contributed by atoms with Crippen molar-refractivity contribution in [2.75, 3.05) is 26.2 Å². The zero-order valence-corrected chi connectivity index (χ0v) is 15.5. The highest BCUT2D eigenvalue weighted by molar-refractivity contribution is 5.76. The van der Waals surface area contributed by atoms with Crippen LogP contribution in [-0.2, 0) is 13.0 Å². The van der Waals surface area contributed by atoms with Crippen molar-refractivity contribution in [1.29, 1.82) is 0 Å². The van der Waals surface area contributed by atoms with Crippen molar-refractivity contribution in [2.24, 2.45) is 0 Å². The maximum Gasteiger partial charge on any atom is 0.119 e. The van der Waals surface area contributed by atoms with Crippen LogP contribution in [0.3, 0.4) is 0 Å². The normalized spacial score (nSPS) is 15.0. The molecular formula is C22H27N3O. The molecular weight excluding hydrogens is 322 g/mol. The zero-order valence-electron chi connectivity index (χ0n) is 15.5. The van der Waals surface area contributed by atoms with Crippen LogP contribution in [0.25, 0.3) is 11.0 Å². The summed E-state index contributed by atoms with van der Waals surface area (Å²) in [5.41, 5.74) is 3.61. The Labute approximate surface area is 155 Å². The molecule has 4 heteroatoms. The molecule has 2 aromatic carbocycles. The van der Waals surface area contributed by atoms with Gasteiger partial charge in [-0.15, -0.1) is 0 Å². The fourth-order valence-electron chi connectivity index (χ4n) is 3.81. The van der Waals surface area contributed by atoms with E-state index < -0.39 is 0 Å². The minimum atomic E-state index is 0.700. The van der Waals surface area contributed by atoms with E-state index >= 15 is 0 Å². The Morgan fingerprint density at radius 1 is 0.962 bits per heavy atom. The lowest BCUT2D eigenvalue weighted by Gasteiger charge is -2.16. The summed E-state index contributed by atoms with van der Waals surface area (Å²) in [5.74, 6) is 2.08. The third-order valence-corrected chi connectivity index (χ3v) is 5.17. The first kappa shape index (κ1) is 17.1. The first-order chi connectivity index (χ1) is 12.8. The summed E-state index contributed by atoms with van der Waals surface area (Å²) >= 11 is 0. The lowest BCUT2D eigenvalue weighted by Crippen LogP contribution is -2.24. The molecule has 0 aliphatic carbocycles. The maximum atomic E-state index is 5.55. The van der Waals surface area contributed by atoms with Gasteiger partial charge in [0.05, 0.1) is 17.6 Å². The number of imidazole rings is 1. The molecule has 0 amide bonds. The summed E-state index contributed by atoms with van der Waals surface area (Å²) in [4.78, 5) is 7.49. The van der Waals surface area contributed by atoms with Gasteiger partial charge in [-0.1, -0.05) is 24.3 Å². The highest BCUT2D eigenvalue weighted by Crippen LogP contribution is 2.20. The Morgan fingerprint density at radius 2 is 1.73 bits per heavy atom. The van der Waals surface area contributed by atoms with Crippen LogP contribution >= 0.6 is 0 Å². The van der Waals surface area contributed by atoms with Crippen LogP contribution in [0.1, 0.15) is 31.2 Å². The molecule has 26 heavy (non-hydrogen) atoms. The van der Waals surface area contributed by atoms with E-state index in [1.54, 1.807) is 0 Å². The van der Waals surface area contributed by atoms with Gasteiger partial charge in [0.1, 0.15) is 11.6 Å². The molecule has 1 saturated heterocycles. The van der Waals surface area contributed by atoms with Crippen LogP contribution in [0.4, 0.5) is 0 Å². The number of rotatable bonds is 7. The number of hydrogen-bond donors (Lipinski definition) is 0. The average molecular weight is 349 g/mol. The highest BCUT2D eigenvalue weighted by Gasteiger charge is 2.15. The third kappa shape index (κ3) is 3.75. The fourth-order valence-corrected chi connectivity index (χ4v) is 3.81. The molecule has 3 aromatic rings. The largest absolute Gasteiger partial charge is 0.494 e. The zero-order chi connectivity index (χ0) is 17.8. The van der Waals surface area contributed by atoms with Gasteiger partial charge in [-0.25, -0.2) is 4.98 Å². The van der Waals surface area contributed by atoms with Crippen molar-refractivity contribution in [2.45, 2.75) is 32.7 Å². The Morgan fingerprint density at radius 3 is 2.50 bits per heavy atom. The molecule has 1 aliphatic rings. The SMILES string of the molecule is CCOc1ccc(Cc2nc3ccccc3n2CCN2CCCC2)cc1. The second-order valence-electron chi connectivity index (χ2n) is 6.97. The molecule has 0 N–H and O–H groups in total. The second kappa shape index (κ2) is 7.92. The van der Waals surface area contributed by atoms with Gasteiger partial charge in [-0.2, -0.15) is 0 Å². The van der Waals surface area contributed by atoms with Crippen molar-refractivity contribution in [3.05, 3.63) is 59.9 Å². The molecule has 0 unspecified atom stereocenters. The Kier molecular flexibility index (Phi) is 5.21. The van der Waals surface area contributed by atoms with E-state index in [0.29, 0.717) is 6.61 Å². The third-order valence-electron chi connectivity index (χ3n) is 5.17. The van der Waals surface area contributed by atoms with Crippen molar-refractivity contribution in [3.8, 4) is 5.75 Å². The van der Waals surface area contributed by atoms with E-state index in [0.717, 1.165) is 36.6 Å². The van der Waals surface area contributed by atoms with E-state index in [1.807, 2.05) is 6.92 Å². The van der Waals surface area contributed by atoms with Gasteiger partial charge in [0.25, 0.3) is 0 Å². The standard InChI is InChI=1S/C22H27N3O/c1-2-26-19-11-9-18(10-12-19)17-22-23-20-7-3-4-8-21(20)25(22)16-15-24-13-5-6-14-24/h3-4,7-12H,2,5-6,13-17H2,1H3. The maximum absolute atomic E-state index is 5.55. The minimum Gasteiger partial charge on any atom is -0.494 e. The first-order valence-corrected chi connectivity index (χ1v) is 9.72. The Hall–Kier alpha value is -2.33. The van der Waals surface area contributed by atoms with Crippen LogP contribution in [0, 0.1) is 0 Å². The summed E-state index contributed by atoms with van der Waals surface area (Å²) in [7, 11) is 0. The van der Waals surface area contributed by atoms with Crippen molar-refractivity contribution in [3.63, 3.8) is 0 Å². The number of para-hydroxylation sites is 2. The molecule has 4 nitrogen and oxygen atoms in total. The van der Waals surface area contributed by atoms with Crippen molar-refractivity contribution < 1.29 is 4.74 Å². The summed E-state index contributed by atoms with van der Waals surface area (Å²) in [5, 5.41) is 0. The Bertz CT molecular complexity index is 847. The van der Waals surface area contributed by atoms with Crippen LogP contribution in [-0.4, -0.2) is 40.7 Å². The van der Waals surface area contributed by atoms with Crippen molar-refractivity contribution >= 4 is 11.0 Å². The van der Waals surface area contributed by atoms with E-state index in [9.17, 15) is 0 Å². The van der Waals surface area contributed by atoms with Crippen LogP contribution in [0.15, 0.2) is 48.5 Å². The van der Waals surface area contributed by atoms with Crippen LogP contribution in [0.2, 0.25) is 0 Å². The average Bonchev–Trinajstić information content (AvgIpc) is 3.29. The molecule has 4 rings (SSSR count). The molecule has 0 bridgehead atoms. The summed E-state index contributed by atoms with van der Waals surface area (Å²) < 4.78 is 7.96. The smallest absolute Gasteiger partial charge is 0.119 e. The van der Waals surface area contributed by atoms with E-state index in [1.165, 1.54) is 37.0 Å². The monoisotopic (exact) mass is 349 g/mol. The summed E-state index contributed by atoms with van der Waals surface area (Å²) in [6.45, 7) is 7.30. The molecule has 0 atom stereocenters. The number of benzene rings is 2. The quantitative estimate of drug-likeness (QED) is 0.643. The Balaban J connectivity index is 1.57. The van der Waals surface area contributed by atoms with Gasteiger partial charge in [0.2, 0.25) is 0 Å². The van der Waals surface area contributed by atoms with Gasteiger partial charge >= 0.3 is 0 Å². The number of nitrogens with zero attached hydrogens (tertiary/aromatic N) is 3. The molecule has 1 aliphatic heterocycles. The molecule has 2 heterocycles. The van der Waals surface area contributed by atoms with E-state index in [4.69, 9.17) is 9.72 Å². The fraction of sp³-hybridized carbons (Fsp3) is 0.409. The highest BCUT2D eigenvalue weighted by atomic mass is 16.5. The van der Waals surface area contributed by atoms with Gasteiger partial charge in [-0.3, -0.25) is 0 Å². The number of ether oxygens (including phenoxy) is 1. The number of likely N-dealkylation sites (tertiary alicyclic amines) is 1. The van der Waals surface area contributed by atoms with Gasteiger partial charge in [0.15, 0.2) is 0 Å². The first-order valence-electron chi connectivity index (χ1n) is 9.72. The van der Waals surface area contributed by atoms with E-state index in [-0.39, 0.29) is 0 Å². The number of aromatic nitrogens is 2. The van der Waals surface area contributed by atoms with Crippen LogP contribution < -0.4 is 4.74 Å². The van der Waals surface area contributed by atoms with Crippen molar-refractivity contribution in [1.82, 2.24) is 14.5 Å². The molecule has 1 aromatic heterocycles. The van der Waals surface area contributed by atoms with Gasteiger partial charge in [-0.05, 0) is 62.7 Å². The van der Waals surface area contributed by atoms with Gasteiger partial charge in [0, 0.05) is 19.5 Å². The van der Waals surface area contributed by atoms with Crippen LogP contribution in [0.5, 0.6) is 5.75 Å². The number of hydrogen-bond acceptors (Lipinski definition) is 3. The lowest BCUT2D eigenvalue weighted by molar-refractivity contribution is 0.322. The van der Waals surface area contributed by atoms with E-state index in [2.05, 4.69) is 58.0 Å². The summed E-state index contributed by atoms with van der Waals surface area (Å²) in [6.07, 6.45) is 3.52. The molecule has 0 spiro atoms. The molecule has 136 valence electrons. The minimum absolute atomic E-state index is 0.700. The molecule has 0 saturated carbocycles. The molecule has 1 fully saturated rings. The predicted molar refractivity (Wildman–Crippen MR) is 106 cm³/mol. The number of fused-ring (bicyclic) bond motifs is 1. The predicted octanol–water partition coefficient (Wildman–Crippen LogP) is 4.12. The molecule has 0 radical (unpaired) electrons.